The summed E-state index contributed by atoms with van der Waals surface area (Å²) in [5, 5.41) is 0. The summed E-state index contributed by atoms with van der Waals surface area (Å²) in [4.78, 5) is 13.8. The van der Waals surface area contributed by atoms with Crippen LogP contribution in [0.15, 0.2) is 0 Å². The number of carbonyl (C=O) groups is 1. The smallest absolute Gasteiger partial charge is 0.412 e. The Balaban J connectivity index is 2.89. The van der Waals surface area contributed by atoms with Crippen LogP contribution in [-0.2, 0) is 9.47 Å². The van der Waals surface area contributed by atoms with Crippen LogP contribution in [0.3, 0.4) is 0 Å². The van der Waals surface area contributed by atoms with Crippen molar-refractivity contribution in [2.45, 2.75) is 65.0 Å². The lowest BCUT2D eigenvalue weighted by atomic mass is 10.1. The number of hydrogen-bond donors (Lipinski definition) is 1. The zero-order chi connectivity index (χ0) is 13.4. The molecule has 1 aliphatic heterocycles. The molecule has 2 N–H and O–H groups in total. The molecule has 0 saturated carbocycles. The molecule has 0 unspecified atom stereocenters. The molecule has 100 valence electrons. The van der Waals surface area contributed by atoms with Gasteiger partial charge >= 0.3 is 6.09 Å². The lowest BCUT2D eigenvalue weighted by Crippen LogP contribution is -2.52. The fourth-order valence-electron chi connectivity index (χ4n) is 2.16. The van der Waals surface area contributed by atoms with E-state index in [1.54, 1.807) is 4.90 Å². The van der Waals surface area contributed by atoms with Gasteiger partial charge < -0.3 is 15.2 Å². The SMILES string of the molecule is C[C@H]1OC(C)(C)N(C(=O)OC(C)(C)C)[C@H]1CN. The number of nitrogens with two attached hydrogens (primary N) is 1. The highest BCUT2D eigenvalue weighted by molar-refractivity contribution is 5.70. The molecule has 1 fully saturated rings. The van der Waals surface area contributed by atoms with Crippen LogP contribution in [0.1, 0.15) is 41.5 Å². The molecule has 17 heavy (non-hydrogen) atoms. The first-order valence-corrected chi connectivity index (χ1v) is 5.98. The second-order valence-electron chi connectivity index (χ2n) is 5.92. The predicted octanol–water partition coefficient (Wildman–Crippen LogP) is 1.71. The van der Waals surface area contributed by atoms with Crippen molar-refractivity contribution < 1.29 is 14.3 Å². The van der Waals surface area contributed by atoms with Gasteiger partial charge in [0.25, 0.3) is 0 Å². The van der Waals surface area contributed by atoms with Gasteiger partial charge in [-0.15, -0.1) is 0 Å². The number of rotatable bonds is 1. The van der Waals surface area contributed by atoms with E-state index < -0.39 is 11.3 Å². The van der Waals surface area contributed by atoms with E-state index in [-0.39, 0.29) is 18.2 Å². The molecule has 0 aromatic carbocycles. The average molecular weight is 244 g/mol. The Labute approximate surface area is 103 Å². The van der Waals surface area contributed by atoms with Crippen LogP contribution in [0.2, 0.25) is 0 Å². The molecule has 0 radical (unpaired) electrons. The summed E-state index contributed by atoms with van der Waals surface area (Å²) < 4.78 is 11.1. The maximum atomic E-state index is 12.2. The molecular formula is C12H24N2O3. The Hall–Kier alpha value is -0.810. The van der Waals surface area contributed by atoms with E-state index in [2.05, 4.69) is 0 Å². The monoisotopic (exact) mass is 244 g/mol. The Morgan fingerprint density at radius 2 is 2.00 bits per heavy atom. The van der Waals surface area contributed by atoms with E-state index in [0.29, 0.717) is 6.54 Å². The van der Waals surface area contributed by atoms with E-state index in [1.165, 1.54) is 0 Å². The summed E-state index contributed by atoms with van der Waals surface area (Å²) in [5.41, 5.74) is 4.52. The van der Waals surface area contributed by atoms with Crippen molar-refractivity contribution in [2.24, 2.45) is 5.73 Å². The second kappa shape index (κ2) is 4.46. The lowest BCUT2D eigenvalue weighted by molar-refractivity contribution is -0.0755. The average Bonchev–Trinajstić information content (AvgIpc) is 2.31. The van der Waals surface area contributed by atoms with Gasteiger partial charge in [-0.05, 0) is 41.5 Å². The molecule has 1 saturated heterocycles. The van der Waals surface area contributed by atoms with Gasteiger partial charge in [0.1, 0.15) is 11.3 Å². The van der Waals surface area contributed by atoms with Gasteiger partial charge in [-0.2, -0.15) is 0 Å². The first-order valence-electron chi connectivity index (χ1n) is 5.98. The van der Waals surface area contributed by atoms with Gasteiger partial charge in [-0.1, -0.05) is 0 Å². The summed E-state index contributed by atoms with van der Waals surface area (Å²) in [6.45, 7) is 11.5. The molecule has 5 nitrogen and oxygen atoms in total. The standard InChI is InChI=1S/C12H24N2O3/c1-8-9(7-13)14(12(5,6)16-8)10(15)17-11(2,3)4/h8-9H,7,13H2,1-6H3/t8-,9+/m1/s1. The van der Waals surface area contributed by atoms with Crippen LogP contribution in [0.4, 0.5) is 4.79 Å². The molecule has 1 amide bonds. The van der Waals surface area contributed by atoms with Crippen LogP contribution < -0.4 is 5.73 Å². The minimum absolute atomic E-state index is 0.0810. The highest BCUT2D eigenvalue weighted by atomic mass is 16.6. The van der Waals surface area contributed by atoms with Gasteiger partial charge in [-0.3, -0.25) is 4.90 Å². The molecule has 1 aliphatic rings. The molecule has 5 heteroatoms. The Morgan fingerprint density at radius 1 is 1.47 bits per heavy atom. The zero-order valence-electron chi connectivity index (χ0n) is 11.6. The fraction of sp³-hybridized carbons (Fsp3) is 0.917. The normalized spacial score (nSPS) is 28.3. The van der Waals surface area contributed by atoms with Crippen LogP contribution in [0.25, 0.3) is 0 Å². The van der Waals surface area contributed by atoms with E-state index in [9.17, 15) is 4.79 Å². The maximum Gasteiger partial charge on any atom is 0.412 e. The first-order chi connectivity index (χ1) is 7.58. The molecule has 0 aromatic heterocycles. The lowest BCUT2D eigenvalue weighted by Gasteiger charge is -2.34. The highest BCUT2D eigenvalue weighted by Gasteiger charge is 2.48. The zero-order valence-corrected chi connectivity index (χ0v) is 11.6. The molecule has 1 heterocycles. The minimum atomic E-state index is -0.675. The third kappa shape index (κ3) is 3.10. The van der Waals surface area contributed by atoms with Crippen molar-refractivity contribution in [1.29, 1.82) is 0 Å². The van der Waals surface area contributed by atoms with Crippen LogP contribution in [0.5, 0.6) is 0 Å². The second-order valence-corrected chi connectivity index (χ2v) is 5.92. The summed E-state index contributed by atoms with van der Waals surface area (Å²) in [6, 6.07) is -0.139. The molecule has 2 atom stereocenters. The van der Waals surface area contributed by atoms with Crippen LogP contribution in [0, 0.1) is 0 Å². The highest BCUT2D eigenvalue weighted by Crippen LogP contribution is 2.32. The van der Waals surface area contributed by atoms with Crippen molar-refractivity contribution in [3.05, 3.63) is 0 Å². The van der Waals surface area contributed by atoms with Crippen molar-refractivity contribution >= 4 is 6.09 Å². The summed E-state index contributed by atoms with van der Waals surface area (Å²) in [7, 11) is 0. The predicted molar refractivity (Wildman–Crippen MR) is 65.5 cm³/mol. The summed E-state index contributed by atoms with van der Waals surface area (Å²) >= 11 is 0. The minimum Gasteiger partial charge on any atom is -0.444 e. The van der Waals surface area contributed by atoms with Gasteiger partial charge in [0.2, 0.25) is 0 Å². The van der Waals surface area contributed by atoms with E-state index in [0.717, 1.165) is 0 Å². The number of ether oxygens (including phenoxy) is 2. The van der Waals surface area contributed by atoms with E-state index >= 15 is 0 Å². The topological polar surface area (TPSA) is 64.8 Å². The summed E-state index contributed by atoms with van der Waals surface area (Å²) in [5.74, 6) is 0. The van der Waals surface area contributed by atoms with Gasteiger partial charge in [0.15, 0.2) is 0 Å². The molecular weight excluding hydrogens is 220 g/mol. The van der Waals surface area contributed by atoms with Crippen molar-refractivity contribution in [2.75, 3.05) is 6.54 Å². The molecule has 0 aromatic rings. The van der Waals surface area contributed by atoms with Crippen molar-refractivity contribution in [1.82, 2.24) is 4.90 Å². The number of carbonyl (C=O) groups excluding carboxylic acids is 1. The third-order valence-electron chi connectivity index (χ3n) is 2.76. The van der Waals surface area contributed by atoms with E-state index in [1.807, 2.05) is 41.5 Å². The fourth-order valence-corrected chi connectivity index (χ4v) is 2.16. The maximum absolute atomic E-state index is 12.2. The third-order valence-corrected chi connectivity index (χ3v) is 2.76. The first kappa shape index (κ1) is 14.3. The number of amides is 1. The number of nitrogens with zero attached hydrogens (tertiary/aromatic N) is 1. The summed E-state index contributed by atoms with van der Waals surface area (Å²) in [6.07, 6.45) is -0.454. The molecule has 0 bridgehead atoms. The van der Waals surface area contributed by atoms with Crippen molar-refractivity contribution in [3.8, 4) is 0 Å². The largest absolute Gasteiger partial charge is 0.444 e. The quantitative estimate of drug-likeness (QED) is 0.762. The van der Waals surface area contributed by atoms with Gasteiger partial charge in [-0.25, -0.2) is 4.79 Å². The van der Waals surface area contributed by atoms with Crippen LogP contribution in [-0.4, -0.2) is 41.0 Å². The Bertz CT molecular complexity index is 297. The Kier molecular flexibility index (Phi) is 3.74. The van der Waals surface area contributed by atoms with Gasteiger partial charge in [0.05, 0.1) is 12.1 Å². The Morgan fingerprint density at radius 3 is 2.41 bits per heavy atom. The van der Waals surface area contributed by atoms with Gasteiger partial charge in [0, 0.05) is 6.54 Å². The molecule has 1 rings (SSSR count). The molecule has 0 spiro atoms. The molecule has 0 aliphatic carbocycles. The number of hydrogen-bond acceptors (Lipinski definition) is 4. The van der Waals surface area contributed by atoms with E-state index in [4.69, 9.17) is 15.2 Å². The van der Waals surface area contributed by atoms with Crippen molar-refractivity contribution in [3.63, 3.8) is 0 Å². The van der Waals surface area contributed by atoms with Crippen LogP contribution >= 0.6 is 0 Å².